The van der Waals surface area contributed by atoms with E-state index in [1.165, 1.54) is 0 Å². The van der Waals surface area contributed by atoms with E-state index in [4.69, 9.17) is 0 Å². The van der Waals surface area contributed by atoms with Gasteiger partial charge in [-0.15, -0.1) is 0 Å². The van der Waals surface area contributed by atoms with E-state index in [0.29, 0.717) is 0 Å². The molecule has 7 nitrogen and oxygen atoms in total. The van der Waals surface area contributed by atoms with E-state index in [1.54, 1.807) is 0 Å². The zero-order chi connectivity index (χ0) is 15.6. The lowest BCUT2D eigenvalue weighted by Gasteiger charge is -2.31. The Morgan fingerprint density at radius 3 is 2.45 bits per heavy atom. The number of carbonyl (C=O) groups excluding carboxylic acids is 2. The Labute approximate surface area is 111 Å². The molecule has 114 valence electrons. The van der Waals surface area contributed by atoms with Crippen molar-refractivity contribution in [1.82, 2.24) is 5.01 Å². The molecule has 1 aliphatic heterocycles. The van der Waals surface area contributed by atoms with E-state index in [1.807, 2.05) is 0 Å². The molecule has 0 saturated heterocycles. The Bertz CT molecular complexity index is 437. The summed E-state index contributed by atoms with van der Waals surface area (Å²) in [7, 11) is 1.99. The van der Waals surface area contributed by atoms with Gasteiger partial charge in [0.1, 0.15) is 0 Å². The van der Waals surface area contributed by atoms with Crippen molar-refractivity contribution >= 4 is 17.8 Å². The number of esters is 1. The van der Waals surface area contributed by atoms with Crippen molar-refractivity contribution in [3.63, 3.8) is 0 Å². The first-order chi connectivity index (χ1) is 9.15. The number of ether oxygens (including phenoxy) is 2. The lowest BCUT2D eigenvalue weighted by Crippen LogP contribution is -2.56. The van der Waals surface area contributed by atoms with Crippen LogP contribution in [0.4, 0.5) is 18.0 Å². The number of halogens is 3. The molecule has 20 heavy (non-hydrogen) atoms. The first-order valence-corrected chi connectivity index (χ1v) is 5.46. The summed E-state index contributed by atoms with van der Waals surface area (Å²) in [6, 6.07) is 0. The van der Waals surface area contributed by atoms with E-state index in [0.717, 1.165) is 14.2 Å². The Morgan fingerprint density at radius 2 is 2.00 bits per heavy atom. The van der Waals surface area contributed by atoms with Gasteiger partial charge in [0, 0.05) is 12.1 Å². The van der Waals surface area contributed by atoms with Crippen LogP contribution in [0.3, 0.4) is 0 Å². The molecule has 0 bridgehead atoms. The Morgan fingerprint density at radius 1 is 1.40 bits per heavy atom. The lowest BCUT2D eigenvalue weighted by atomic mass is 10.0. The van der Waals surface area contributed by atoms with Gasteiger partial charge in [-0.2, -0.15) is 23.3 Å². The van der Waals surface area contributed by atoms with Crippen LogP contribution in [0.1, 0.15) is 19.3 Å². The fourth-order valence-corrected chi connectivity index (χ4v) is 1.60. The van der Waals surface area contributed by atoms with Gasteiger partial charge in [-0.3, -0.25) is 4.79 Å². The first kappa shape index (κ1) is 16.2. The summed E-state index contributed by atoms with van der Waals surface area (Å²) in [5.74, 6) is -0.639. The van der Waals surface area contributed by atoms with Gasteiger partial charge < -0.3 is 14.6 Å². The monoisotopic (exact) mass is 298 g/mol. The van der Waals surface area contributed by atoms with Crippen molar-refractivity contribution in [2.75, 3.05) is 14.2 Å². The molecule has 1 rings (SSSR count). The number of carbonyl (C=O) groups is 2. The van der Waals surface area contributed by atoms with Crippen LogP contribution in [-0.4, -0.2) is 54.0 Å². The molecule has 0 aromatic carbocycles. The third-order valence-electron chi connectivity index (χ3n) is 2.69. The minimum absolute atomic E-state index is 0.152. The molecule has 1 atom stereocenters. The second-order valence-corrected chi connectivity index (χ2v) is 4.02. The minimum atomic E-state index is -5.11. The van der Waals surface area contributed by atoms with Gasteiger partial charge in [0.25, 0.3) is 5.72 Å². The van der Waals surface area contributed by atoms with Gasteiger partial charge >= 0.3 is 18.2 Å². The van der Waals surface area contributed by atoms with Gasteiger partial charge in [0.05, 0.1) is 20.6 Å². The van der Waals surface area contributed by atoms with Crippen LogP contribution in [0.5, 0.6) is 0 Å². The third kappa shape index (κ3) is 3.00. The normalized spacial score (nSPS) is 22.5. The zero-order valence-corrected chi connectivity index (χ0v) is 10.7. The largest absolute Gasteiger partial charge is 0.469 e. The SMILES string of the molecule is COC(=O)CCC1=NN(C(=O)OC)[C@@](O)(C(F)(F)F)C1. The third-order valence-corrected chi connectivity index (χ3v) is 2.69. The van der Waals surface area contributed by atoms with Crippen molar-refractivity contribution in [3.05, 3.63) is 0 Å². The molecule has 0 unspecified atom stereocenters. The highest BCUT2D eigenvalue weighted by Gasteiger charge is 2.63. The number of hydrogen-bond donors (Lipinski definition) is 1. The molecule has 0 aromatic heterocycles. The maximum atomic E-state index is 12.9. The first-order valence-electron chi connectivity index (χ1n) is 5.46. The summed E-state index contributed by atoms with van der Waals surface area (Å²) in [4.78, 5) is 22.2. The second-order valence-electron chi connectivity index (χ2n) is 4.02. The van der Waals surface area contributed by atoms with Gasteiger partial charge in [-0.25, -0.2) is 4.79 Å². The van der Waals surface area contributed by atoms with Gasteiger partial charge in [-0.1, -0.05) is 0 Å². The number of nitrogens with zero attached hydrogens (tertiary/aromatic N) is 2. The van der Waals surface area contributed by atoms with Crippen LogP contribution in [0.15, 0.2) is 5.10 Å². The Hall–Kier alpha value is -1.84. The smallest absolute Gasteiger partial charge is 0.439 e. The number of hydrazone groups is 1. The number of hydrogen-bond acceptors (Lipinski definition) is 6. The van der Waals surface area contributed by atoms with Crippen LogP contribution in [0.25, 0.3) is 0 Å². The molecule has 10 heteroatoms. The average molecular weight is 298 g/mol. The van der Waals surface area contributed by atoms with Gasteiger partial charge in [-0.05, 0) is 6.42 Å². The fourth-order valence-electron chi connectivity index (χ4n) is 1.60. The van der Waals surface area contributed by atoms with E-state index >= 15 is 0 Å². The van der Waals surface area contributed by atoms with Crippen LogP contribution < -0.4 is 0 Å². The van der Waals surface area contributed by atoms with Crippen molar-refractivity contribution in [2.45, 2.75) is 31.2 Å². The molecule has 1 amide bonds. The topological polar surface area (TPSA) is 88.4 Å². The maximum Gasteiger partial charge on any atom is 0.439 e. The maximum absolute atomic E-state index is 12.9. The molecule has 1 aliphatic rings. The van der Waals surface area contributed by atoms with Crippen LogP contribution >= 0.6 is 0 Å². The number of amides is 1. The lowest BCUT2D eigenvalue weighted by molar-refractivity contribution is -0.299. The van der Waals surface area contributed by atoms with Gasteiger partial charge in [0.15, 0.2) is 0 Å². The average Bonchev–Trinajstić information content (AvgIpc) is 2.73. The van der Waals surface area contributed by atoms with E-state index in [9.17, 15) is 27.9 Å². The molecule has 0 fully saturated rings. The van der Waals surface area contributed by atoms with Crippen molar-refractivity contribution < 1.29 is 37.3 Å². The Kier molecular flexibility index (Phi) is 4.58. The highest BCUT2D eigenvalue weighted by Crippen LogP contribution is 2.41. The molecule has 0 spiro atoms. The fraction of sp³-hybridized carbons (Fsp3) is 0.700. The van der Waals surface area contributed by atoms with Crippen molar-refractivity contribution in [1.29, 1.82) is 0 Å². The molecule has 1 N–H and O–H groups in total. The summed E-state index contributed by atoms with van der Waals surface area (Å²) in [5.41, 5.74) is -3.62. The predicted molar refractivity (Wildman–Crippen MR) is 58.6 cm³/mol. The standard InChI is InChI=1S/C10H13F3N2O5/c1-19-7(16)4-3-6-5-9(18,10(11,12)13)15(14-6)8(17)20-2/h18H,3-5H2,1-2H3/t9-/m0/s1. The Balaban J connectivity index is 2.92. The number of alkyl halides is 3. The summed E-state index contributed by atoms with van der Waals surface area (Å²) < 4.78 is 47.1. The summed E-state index contributed by atoms with van der Waals surface area (Å²) in [6.45, 7) is 0. The molecule has 1 heterocycles. The molecular formula is C10H13F3N2O5. The molecule has 0 radical (unpaired) electrons. The number of methoxy groups -OCH3 is 2. The molecule has 0 aliphatic carbocycles. The molecule has 0 saturated carbocycles. The van der Waals surface area contributed by atoms with Crippen molar-refractivity contribution in [2.24, 2.45) is 5.10 Å². The highest BCUT2D eigenvalue weighted by atomic mass is 19.4. The number of aliphatic hydroxyl groups is 1. The van der Waals surface area contributed by atoms with Crippen LogP contribution in [0, 0.1) is 0 Å². The predicted octanol–water partition coefficient (Wildman–Crippen LogP) is 1.02. The number of rotatable bonds is 3. The highest BCUT2D eigenvalue weighted by molar-refractivity contribution is 5.91. The minimum Gasteiger partial charge on any atom is -0.469 e. The van der Waals surface area contributed by atoms with Gasteiger partial charge in [0.2, 0.25) is 0 Å². The van der Waals surface area contributed by atoms with E-state index in [-0.39, 0.29) is 23.6 Å². The van der Waals surface area contributed by atoms with E-state index in [2.05, 4.69) is 14.6 Å². The summed E-state index contributed by atoms with van der Waals surface area (Å²) >= 11 is 0. The van der Waals surface area contributed by atoms with Crippen molar-refractivity contribution in [3.8, 4) is 0 Å². The second kappa shape index (κ2) is 5.65. The van der Waals surface area contributed by atoms with E-state index < -0.39 is 30.4 Å². The van der Waals surface area contributed by atoms with Crippen LogP contribution in [0.2, 0.25) is 0 Å². The summed E-state index contributed by atoms with van der Waals surface area (Å²) in [5, 5.41) is 12.9. The van der Waals surface area contributed by atoms with Crippen LogP contribution in [-0.2, 0) is 14.3 Å². The molecule has 0 aromatic rings. The molecular weight excluding hydrogens is 285 g/mol. The summed E-state index contributed by atoms with van der Waals surface area (Å²) in [6.07, 6.45) is -7.88. The quantitative estimate of drug-likeness (QED) is 0.786. The zero-order valence-electron chi connectivity index (χ0n) is 10.7.